The first-order valence-electron chi connectivity index (χ1n) is 27.8. The molecule has 1 aromatic carbocycles. The molecule has 4 aliphatic carbocycles. The molecule has 70 heavy (non-hydrogen) atoms. The summed E-state index contributed by atoms with van der Waals surface area (Å²) >= 11 is 4.55. The van der Waals surface area contributed by atoms with Crippen molar-refractivity contribution in [1.82, 2.24) is 0 Å². The van der Waals surface area contributed by atoms with Crippen molar-refractivity contribution in [3.8, 4) is 0 Å². The second-order valence-electron chi connectivity index (χ2n) is 25.1. The summed E-state index contributed by atoms with van der Waals surface area (Å²) in [5, 5.41) is 17.7. The molecule has 0 aromatic heterocycles. The van der Waals surface area contributed by atoms with Crippen molar-refractivity contribution in [3.05, 3.63) is 35.9 Å². The van der Waals surface area contributed by atoms with Crippen molar-refractivity contribution in [2.24, 2.45) is 69.0 Å². The Balaban J connectivity index is 0.000000467. The quantitative estimate of drug-likeness (QED) is 0.0543. The Morgan fingerprint density at radius 1 is 0.543 bits per heavy atom. The highest BCUT2D eigenvalue weighted by Crippen LogP contribution is 2.44. The predicted octanol–water partition coefficient (Wildman–Crippen LogP) is 16.0. The maximum atomic E-state index is 10.6. The molecule has 10 heteroatoms. The second-order valence-corrected chi connectivity index (χ2v) is 29.5. The van der Waals surface area contributed by atoms with E-state index >= 15 is 0 Å². The van der Waals surface area contributed by atoms with Gasteiger partial charge in [0.05, 0.1) is 42.1 Å². The van der Waals surface area contributed by atoms with Gasteiger partial charge in [-0.05, 0) is 126 Å². The monoisotopic (exact) mass is 1210 g/mol. The highest BCUT2D eigenvalue weighted by molar-refractivity contribution is 14.2. The van der Waals surface area contributed by atoms with Crippen molar-refractivity contribution in [2.45, 2.75) is 199 Å². The van der Waals surface area contributed by atoms with Crippen LogP contribution in [0, 0.1) is 69.0 Å². The number of aliphatic hydroxyl groups excluding tert-OH is 2. The van der Waals surface area contributed by atoms with Crippen LogP contribution >= 0.6 is 45.2 Å². The maximum Gasteiger partial charge on any atom is 0.302 e. The topological polar surface area (TPSA) is 104 Å². The average molecular weight is 1210 g/mol. The molecular formula is C60H110I2O8. The SMILES string of the molecule is CC(=O)OCCOCC(C)C1CCCC(C)(C)C1.CC(CO)C1CCCC(C)(C)C1.CC(COCCO)C1CCCC(C)(C)C1.CC(COCCOCc1ccccc1)C1CCCC(C)(C)C1.ICI. The molecule has 0 aliphatic heterocycles. The van der Waals surface area contributed by atoms with Crippen LogP contribution in [0.4, 0.5) is 0 Å². The molecule has 0 spiro atoms. The fourth-order valence-corrected chi connectivity index (χ4v) is 11.5. The molecule has 4 aliphatic rings. The third-order valence-electron chi connectivity index (χ3n) is 15.9. The van der Waals surface area contributed by atoms with Gasteiger partial charge in [-0.1, -0.05) is 210 Å². The van der Waals surface area contributed by atoms with Crippen LogP contribution in [0.25, 0.3) is 0 Å². The molecule has 1 aromatic rings. The van der Waals surface area contributed by atoms with Crippen molar-refractivity contribution in [1.29, 1.82) is 0 Å². The molecule has 8 nitrogen and oxygen atoms in total. The second kappa shape index (κ2) is 37.6. The number of carbonyl (C=O) groups excluding carboxylic acids is 1. The molecule has 0 saturated heterocycles. The summed E-state index contributed by atoms with van der Waals surface area (Å²) in [6.45, 7) is 35.9. The number of hydrogen-bond acceptors (Lipinski definition) is 8. The Bertz CT molecular complexity index is 1420. The van der Waals surface area contributed by atoms with Gasteiger partial charge < -0.3 is 33.9 Å². The fraction of sp³-hybridized carbons (Fsp3) is 0.883. The van der Waals surface area contributed by atoms with Gasteiger partial charge in [0.25, 0.3) is 0 Å². The lowest BCUT2D eigenvalue weighted by molar-refractivity contribution is -0.142. The minimum atomic E-state index is -0.235. The van der Waals surface area contributed by atoms with Crippen molar-refractivity contribution in [3.63, 3.8) is 0 Å². The number of hydrogen-bond donors (Lipinski definition) is 2. The van der Waals surface area contributed by atoms with Gasteiger partial charge in [-0.3, -0.25) is 4.79 Å². The Morgan fingerprint density at radius 2 is 0.871 bits per heavy atom. The zero-order valence-corrected chi connectivity index (χ0v) is 51.7. The number of alkyl halides is 2. The van der Waals surface area contributed by atoms with Crippen molar-refractivity contribution >= 4 is 51.2 Å². The number of esters is 1. The summed E-state index contributed by atoms with van der Waals surface area (Å²) < 4.78 is 28.5. The minimum absolute atomic E-state index is 0.142. The van der Waals surface area contributed by atoms with Gasteiger partial charge in [0.1, 0.15) is 6.61 Å². The van der Waals surface area contributed by atoms with Crippen LogP contribution in [-0.4, -0.2) is 84.7 Å². The largest absolute Gasteiger partial charge is 0.463 e. The number of benzene rings is 1. The number of rotatable bonds is 21. The smallest absolute Gasteiger partial charge is 0.302 e. The summed E-state index contributed by atoms with van der Waals surface area (Å²) in [4.78, 5) is 10.6. The van der Waals surface area contributed by atoms with Gasteiger partial charge >= 0.3 is 5.97 Å². The normalized spacial score (nSPS) is 24.9. The lowest BCUT2D eigenvalue weighted by Gasteiger charge is -2.38. The molecule has 8 unspecified atom stereocenters. The number of ether oxygens (including phenoxy) is 5. The summed E-state index contributed by atoms with van der Waals surface area (Å²) in [7, 11) is 0. The van der Waals surface area contributed by atoms with Crippen LogP contribution in [0.5, 0.6) is 0 Å². The Labute approximate surface area is 459 Å². The van der Waals surface area contributed by atoms with E-state index in [2.05, 4.69) is 140 Å². The van der Waals surface area contributed by atoms with Gasteiger partial charge in [-0.2, -0.15) is 0 Å². The van der Waals surface area contributed by atoms with Crippen LogP contribution in [0.15, 0.2) is 30.3 Å². The van der Waals surface area contributed by atoms with E-state index in [1.807, 2.05) is 18.2 Å². The van der Waals surface area contributed by atoms with Gasteiger partial charge in [-0.25, -0.2) is 0 Å². The highest BCUT2D eigenvalue weighted by Gasteiger charge is 2.34. The van der Waals surface area contributed by atoms with Crippen LogP contribution < -0.4 is 0 Å². The molecule has 4 fully saturated rings. The van der Waals surface area contributed by atoms with E-state index in [1.165, 1.54) is 118 Å². The Hall–Kier alpha value is -0.0900. The molecule has 2 N–H and O–H groups in total. The molecular weight excluding hydrogens is 1100 g/mol. The van der Waals surface area contributed by atoms with Gasteiger partial charge in [0.2, 0.25) is 0 Å². The van der Waals surface area contributed by atoms with Crippen LogP contribution in [0.3, 0.4) is 0 Å². The number of carbonyl (C=O) groups is 1. The van der Waals surface area contributed by atoms with E-state index in [0.717, 1.165) is 43.5 Å². The van der Waals surface area contributed by atoms with E-state index in [-0.39, 0.29) is 12.6 Å². The summed E-state index contributed by atoms with van der Waals surface area (Å²) in [5.41, 5.74) is 3.28. The lowest BCUT2D eigenvalue weighted by atomic mass is 9.69. The Morgan fingerprint density at radius 3 is 1.20 bits per heavy atom. The molecule has 0 bridgehead atoms. The highest BCUT2D eigenvalue weighted by atomic mass is 127. The average Bonchev–Trinajstić information content (AvgIpc) is 3.29. The molecule has 412 valence electrons. The zero-order valence-electron chi connectivity index (χ0n) is 47.4. The minimum Gasteiger partial charge on any atom is -0.463 e. The van der Waals surface area contributed by atoms with E-state index in [9.17, 15) is 4.79 Å². The molecule has 4 saturated carbocycles. The number of halogens is 2. The van der Waals surface area contributed by atoms with E-state index in [0.29, 0.717) is 91.6 Å². The van der Waals surface area contributed by atoms with Crippen LogP contribution in [0.2, 0.25) is 0 Å². The fourth-order valence-electron chi connectivity index (χ4n) is 11.5. The summed E-state index contributed by atoms with van der Waals surface area (Å²) in [5.74, 6) is 5.35. The predicted molar refractivity (Wildman–Crippen MR) is 312 cm³/mol. The van der Waals surface area contributed by atoms with Gasteiger partial charge in [0.15, 0.2) is 0 Å². The third-order valence-corrected chi connectivity index (χ3v) is 15.9. The maximum absolute atomic E-state index is 10.6. The van der Waals surface area contributed by atoms with Crippen LogP contribution in [-0.2, 0) is 35.1 Å². The van der Waals surface area contributed by atoms with Crippen LogP contribution in [0.1, 0.15) is 198 Å². The molecule has 0 radical (unpaired) electrons. The molecule has 5 rings (SSSR count). The van der Waals surface area contributed by atoms with E-state index in [4.69, 9.17) is 33.9 Å². The molecule has 8 atom stereocenters. The van der Waals surface area contributed by atoms with Gasteiger partial charge in [0, 0.05) is 33.4 Å². The van der Waals surface area contributed by atoms with E-state index in [1.54, 1.807) is 0 Å². The van der Waals surface area contributed by atoms with Crippen molar-refractivity contribution in [2.75, 3.05) is 68.5 Å². The summed E-state index contributed by atoms with van der Waals surface area (Å²) in [6.07, 6.45) is 21.6. The van der Waals surface area contributed by atoms with E-state index < -0.39 is 0 Å². The lowest BCUT2D eigenvalue weighted by Crippen LogP contribution is -2.28. The standard InChI is InChI=1S/C20H32O2.C15H28O3.C13H26O2.C11H22O.CH2I2/c1-17(19-10-7-11-20(2,3)14-19)15-21-12-13-22-16-18-8-5-4-6-9-18;1-12(11-17-8-9-18-13(2)16)14-6-5-7-15(3,4)10-14;1-11(10-15-8-7-14)12-5-4-6-13(2,3)9-12;1-9(8-12)10-5-4-6-11(2,3)7-10;2-1-3/h4-6,8-9,17,19H,7,10-16H2,1-3H3;12,14H,5-11H2,1-4H3;11-12,14H,4-10H2,1-3H3;9-10,12H,4-8H2,1-3H3;1H2. The van der Waals surface area contributed by atoms with Gasteiger partial charge in [-0.15, -0.1) is 0 Å². The molecule has 0 heterocycles. The number of aliphatic hydroxyl groups is 2. The first-order chi connectivity index (χ1) is 33.0. The zero-order chi connectivity index (χ0) is 52.6. The summed E-state index contributed by atoms with van der Waals surface area (Å²) in [6, 6.07) is 10.3. The molecule has 0 amide bonds. The first kappa shape index (κ1) is 67.9. The van der Waals surface area contributed by atoms with Crippen molar-refractivity contribution < 1.29 is 38.7 Å². The third kappa shape index (κ3) is 33.1. The first-order valence-corrected chi connectivity index (χ1v) is 30.9. The Kier molecular flexibility index (Phi) is 36.5.